The van der Waals surface area contributed by atoms with Gasteiger partial charge in [-0.15, -0.1) is 0 Å². The molecule has 2 rings (SSSR count). The summed E-state index contributed by atoms with van der Waals surface area (Å²) in [6, 6.07) is 7.30. The Morgan fingerprint density at radius 2 is 2.00 bits per heavy atom. The monoisotopic (exact) mass is 293 g/mol. The van der Waals surface area contributed by atoms with Crippen molar-refractivity contribution in [2.75, 3.05) is 26.3 Å². The zero-order valence-corrected chi connectivity index (χ0v) is 12.6. The number of hydrogen-bond acceptors (Lipinski definition) is 4. The number of piperidine rings is 1. The molecular formula is C16H23NO4. The van der Waals surface area contributed by atoms with Crippen LogP contribution in [0.3, 0.4) is 0 Å². The van der Waals surface area contributed by atoms with Gasteiger partial charge in [-0.3, -0.25) is 4.79 Å². The molecule has 1 saturated heterocycles. The van der Waals surface area contributed by atoms with Gasteiger partial charge in [-0.05, 0) is 31.4 Å². The number of aliphatic hydroxyl groups excluding tert-OH is 1. The Morgan fingerprint density at radius 1 is 1.33 bits per heavy atom. The highest BCUT2D eigenvalue weighted by Crippen LogP contribution is 2.26. The van der Waals surface area contributed by atoms with E-state index >= 15 is 0 Å². The van der Waals surface area contributed by atoms with Gasteiger partial charge in [-0.1, -0.05) is 19.1 Å². The molecular weight excluding hydrogens is 270 g/mol. The van der Waals surface area contributed by atoms with Gasteiger partial charge in [0.1, 0.15) is 0 Å². The molecule has 0 spiro atoms. The average molecular weight is 293 g/mol. The number of rotatable bonds is 5. The second-order valence-electron chi connectivity index (χ2n) is 5.34. The van der Waals surface area contributed by atoms with E-state index in [4.69, 9.17) is 9.47 Å². The van der Waals surface area contributed by atoms with Crippen LogP contribution in [0.25, 0.3) is 0 Å². The molecule has 116 valence electrons. The van der Waals surface area contributed by atoms with Gasteiger partial charge < -0.3 is 19.5 Å². The molecule has 1 aromatic rings. The van der Waals surface area contributed by atoms with Crippen molar-refractivity contribution >= 4 is 5.91 Å². The molecule has 5 heteroatoms. The number of carbonyl (C=O) groups excluding carboxylic acids is 1. The fourth-order valence-electron chi connectivity index (χ4n) is 2.35. The Labute approximate surface area is 125 Å². The number of likely N-dealkylation sites (tertiary alicyclic amines) is 1. The first-order valence-corrected chi connectivity index (χ1v) is 7.42. The van der Waals surface area contributed by atoms with Crippen molar-refractivity contribution in [2.24, 2.45) is 5.92 Å². The summed E-state index contributed by atoms with van der Waals surface area (Å²) in [4.78, 5) is 13.8. The SMILES string of the molecule is CCOc1ccccc1OCC(=O)N1CCC(C)C(O)C1. The first-order chi connectivity index (χ1) is 10.1. The summed E-state index contributed by atoms with van der Waals surface area (Å²) in [6.07, 6.45) is 0.376. The minimum atomic E-state index is -0.446. The molecule has 1 amide bonds. The maximum absolute atomic E-state index is 12.1. The lowest BCUT2D eigenvalue weighted by Gasteiger charge is -2.34. The molecule has 5 nitrogen and oxygen atoms in total. The van der Waals surface area contributed by atoms with Crippen LogP contribution in [0.15, 0.2) is 24.3 Å². The highest BCUT2D eigenvalue weighted by atomic mass is 16.5. The highest BCUT2D eigenvalue weighted by molar-refractivity contribution is 5.78. The Kier molecular flexibility index (Phi) is 5.44. The van der Waals surface area contributed by atoms with Crippen LogP contribution in [-0.4, -0.2) is 48.3 Å². The molecule has 1 aliphatic rings. The summed E-state index contributed by atoms with van der Waals surface area (Å²) in [6.45, 7) is 5.47. The second-order valence-corrected chi connectivity index (χ2v) is 5.34. The van der Waals surface area contributed by atoms with E-state index in [1.54, 1.807) is 11.0 Å². The van der Waals surface area contributed by atoms with Crippen LogP contribution in [0.2, 0.25) is 0 Å². The van der Waals surface area contributed by atoms with E-state index in [-0.39, 0.29) is 18.4 Å². The first kappa shape index (κ1) is 15.6. The number of nitrogens with zero attached hydrogens (tertiary/aromatic N) is 1. The minimum Gasteiger partial charge on any atom is -0.490 e. The van der Waals surface area contributed by atoms with E-state index in [2.05, 4.69) is 0 Å². The molecule has 0 radical (unpaired) electrons. The van der Waals surface area contributed by atoms with Gasteiger partial charge in [0.2, 0.25) is 0 Å². The summed E-state index contributed by atoms with van der Waals surface area (Å²) < 4.78 is 11.0. The summed E-state index contributed by atoms with van der Waals surface area (Å²) >= 11 is 0. The smallest absolute Gasteiger partial charge is 0.260 e. The zero-order valence-electron chi connectivity index (χ0n) is 12.6. The normalized spacial score (nSPS) is 22.0. The van der Waals surface area contributed by atoms with Crippen molar-refractivity contribution in [3.05, 3.63) is 24.3 Å². The number of ether oxygens (including phenoxy) is 2. The molecule has 0 saturated carbocycles. The van der Waals surface area contributed by atoms with E-state index in [1.807, 2.05) is 32.0 Å². The Morgan fingerprint density at radius 3 is 2.62 bits per heavy atom. The minimum absolute atomic E-state index is 0.0365. The van der Waals surface area contributed by atoms with E-state index in [9.17, 15) is 9.90 Å². The van der Waals surface area contributed by atoms with Crippen molar-refractivity contribution in [1.29, 1.82) is 0 Å². The third-order valence-corrected chi connectivity index (χ3v) is 3.77. The van der Waals surface area contributed by atoms with Crippen molar-refractivity contribution in [3.8, 4) is 11.5 Å². The molecule has 1 fully saturated rings. The van der Waals surface area contributed by atoms with Gasteiger partial charge in [0.25, 0.3) is 5.91 Å². The third-order valence-electron chi connectivity index (χ3n) is 3.77. The molecule has 1 aromatic carbocycles. The van der Waals surface area contributed by atoms with Crippen molar-refractivity contribution in [2.45, 2.75) is 26.4 Å². The maximum Gasteiger partial charge on any atom is 0.260 e. The predicted molar refractivity (Wildman–Crippen MR) is 79.5 cm³/mol. The van der Waals surface area contributed by atoms with Crippen molar-refractivity contribution in [3.63, 3.8) is 0 Å². The molecule has 2 unspecified atom stereocenters. The third kappa shape index (κ3) is 4.11. The van der Waals surface area contributed by atoms with Crippen LogP contribution in [0.4, 0.5) is 0 Å². The quantitative estimate of drug-likeness (QED) is 0.897. The van der Waals surface area contributed by atoms with Crippen LogP contribution < -0.4 is 9.47 Å². The molecule has 1 N–H and O–H groups in total. The van der Waals surface area contributed by atoms with Crippen LogP contribution in [0.1, 0.15) is 20.3 Å². The lowest BCUT2D eigenvalue weighted by molar-refractivity contribution is -0.137. The first-order valence-electron chi connectivity index (χ1n) is 7.42. The van der Waals surface area contributed by atoms with Gasteiger partial charge in [-0.25, -0.2) is 0 Å². The number of hydrogen-bond donors (Lipinski definition) is 1. The maximum atomic E-state index is 12.1. The summed E-state index contributed by atoms with van der Waals surface area (Å²) in [5.41, 5.74) is 0. The number of carbonyl (C=O) groups is 1. The lowest BCUT2D eigenvalue weighted by Crippen LogP contribution is -2.47. The predicted octanol–water partition coefficient (Wildman–Crippen LogP) is 1.69. The number of aliphatic hydroxyl groups is 1. The van der Waals surface area contributed by atoms with Gasteiger partial charge in [0, 0.05) is 13.1 Å². The van der Waals surface area contributed by atoms with Gasteiger partial charge in [0.15, 0.2) is 18.1 Å². The van der Waals surface area contributed by atoms with Gasteiger partial charge >= 0.3 is 0 Å². The molecule has 0 aromatic heterocycles. The topological polar surface area (TPSA) is 59.0 Å². The number of benzene rings is 1. The summed E-state index contributed by atoms with van der Waals surface area (Å²) in [5, 5.41) is 9.84. The molecule has 0 aliphatic carbocycles. The second kappa shape index (κ2) is 7.31. The largest absolute Gasteiger partial charge is 0.490 e. The molecule has 0 bridgehead atoms. The zero-order chi connectivity index (χ0) is 15.2. The standard InChI is InChI=1S/C16H23NO4/c1-3-20-14-6-4-5-7-15(14)21-11-16(19)17-9-8-12(2)13(18)10-17/h4-7,12-13,18H,3,8-11H2,1-2H3. The van der Waals surface area contributed by atoms with E-state index in [0.29, 0.717) is 31.2 Å². The molecule has 21 heavy (non-hydrogen) atoms. The van der Waals surface area contributed by atoms with Crippen LogP contribution >= 0.6 is 0 Å². The average Bonchev–Trinajstić information content (AvgIpc) is 2.49. The van der Waals surface area contributed by atoms with Crippen LogP contribution in [0, 0.1) is 5.92 Å². The Hall–Kier alpha value is -1.75. The van der Waals surface area contributed by atoms with Crippen molar-refractivity contribution < 1.29 is 19.4 Å². The lowest BCUT2D eigenvalue weighted by atomic mass is 9.96. The molecule has 2 atom stereocenters. The van der Waals surface area contributed by atoms with E-state index in [0.717, 1.165) is 6.42 Å². The summed E-state index contributed by atoms with van der Waals surface area (Å²) in [7, 11) is 0. The van der Waals surface area contributed by atoms with Crippen LogP contribution in [-0.2, 0) is 4.79 Å². The highest BCUT2D eigenvalue weighted by Gasteiger charge is 2.27. The number of para-hydroxylation sites is 2. The summed E-state index contributed by atoms with van der Waals surface area (Å²) in [5.74, 6) is 1.35. The Balaban J connectivity index is 1.89. The fraction of sp³-hybridized carbons (Fsp3) is 0.562. The molecule has 1 heterocycles. The van der Waals surface area contributed by atoms with Crippen molar-refractivity contribution in [1.82, 2.24) is 4.90 Å². The van der Waals surface area contributed by atoms with Gasteiger partial charge in [0.05, 0.1) is 12.7 Å². The van der Waals surface area contributed by atoms with E-state index < -0.39 is 6.10 Å². The molecule has 1 aliphatic heterocycles. The van der Waals surface area contributed by atoms with E-state index in [1.165, 1.54) is 0 Å². The van der Waals surface area contributed by atoms with Crippen LogP contribution in [0.5, 0.6) is 11.5 Å². The number of β-amino-alcohol motifs (C(OH)–C–C–N with tert-alkyl or cyclic N) is 1. The fourth-order valence-corrected chi connectivity index (χ4v) is 2.35. The Bertz CT molecular complexity index is 477. The number of amides is 1. The van der Waals surface area contributed by atoms with Gasteiger partial charge in [-0.2, -0.15) is 0 Å².